The number of carbonyl (C=O) groups excluding carboxylic acids is 1. The van der Waals surface area contributed by atoms with Crippen molar-refractivity contribution >= 4 is 18.1 Å². The maximum Gasteiger partial charge on any atom is 0.253 e. The molecule has 2 heterocycles. The molecule has 2 aromatic rings. The number of nitrogens with one attached hydrogen (secondary N) is 2. The van der Waals surface area contributed by atoms with Crippen molar-refractivity contribution in [1.82, 2.24) is 20.1 Å². The molecule has 0 unspecified atom stereocenters. The van der Waals surface area contributed by atoms with Crippen molar-refractivity contribution < 1.29 is 9.53 Å². The molecule has 2 aliphatic rings. The van der Waals surface area contributed by atoms with Crippen molar-refractivity contribution in [3.8, 4) is 0 Å². The van der Waals surface area contributed by atoms with E-state index in [0.717, 1.165) is 17.8 Å². The standard InChI is InChI=1S/C17H20N4O2S/c22-16(14-13-4-2-1-3-11(13)7-10-23-14)18-8-9-21-15(12-5-6-12)19-20-17(21)24/h1-4,12,14H,5-10H2,(H,18,22)(H,20,24)/t14-/m0/s1. The highest BCUT2D eigenvalue weighted by molar-refractivity contribution is 7.71. The molecule has 1 atom stereocenters. The molecule has 24 heavy (non-hydrogen) atoms. The Hall–Kier alpha value is -1.99. The third kappa shape index (κ3) is 3.01. The zero-order valence-electron chi connectivity index (χ0n) is 13.3. The van der Waals surface area contributed by atoms with Gasteiger partial charge in [0.2, 0.25) is 0 Å². The van der Waals surface area contributed by atoms with Crippen molar-refractivity contribution in [3.63, 3.8) is 0 Å². The molecule has 1 aromatic carbocycles. The number of rotatable bonds is 5. The normalized spacial score (nSPS) is 19.8. The number of fused-ring (bicyclic) bond motifs is 1. The Kier molecular flexibility index (Phi) is 4.20. The van der Waals surface area contributed by atoms with Crippen LogP contribution in [-0.4, -0.2) is 33.8 Å². The second-order valence-corrected chi connectivity index (χ2v) is 6.69. The molecular weight excluding hydrogens is 324 g/mol. The average Bonchev–Trinajstić information content (AvgIpc) is 3.39. The van der Waals surface area contributed by atoms with Crippen molar-refractivity contribution in [3.05, 3.63) is 46.0 Å². The Morgan fingerprint density at radius 3 is 3.08 bits per heavy atom. The van der Waals surface area contributed by atoms with Crippen LogP contribution in [0.3, 0.4) is 0 Å². The van der Waals surface area contributed by atoms with Gasteiger partial charge < -0.3 is 14.6 Å². The summed E-state index contributed by atoms with van der Waals surface area (Å²) in [6, 6.07) is 7.97. The fourth-order valence-corrected chi connectivity index (χ4v) is 3.42. The number of hydrogen-bond acceptors (Lipinski definition) is 4. The third-order valence-corrected chi connectivity index (χ3v) is 4.91. The van der Waals surface area contributed by atoms with Crippen LogP contribution in [0, 0.1) is 4.77 Å². The van der Waals surface area contributed by atoms with E-state index in [4.69, 9.17) is 17.0 Å². The zero-order valence-corrected chi connectivity index (χ0v) is 14.1. The minimum atomic E-state index is -0.518. The van der Waals surface area contributed by atoms with Gasteiger partial charge in [0.05, 0.1) is 6.61 Å². The van der Waals surface area contributed by atoms with Gasteiger partial charge in [-0.15, -0.1) is 0 Å². The number of amides is 1. The minimum absolute atomic E-state index is 0.0925. The molecule has 1 aromatic heterocycles. The number of aromatic amines is 1. The highest BCUT2D eigenvalue weighted by atomic mass is 32.1. The van der Waals surface area contributed by atoms with Gasteiger partial charge in [0.25, 0.3) is 5.91 Å². The van der Waals surface area contributed by atoms with Crippen LogP contribution < -0.4 is 5.32 Å². The number of H-pyrrole nitrogens is 1. The van der Waals surface area contributed by atoms with Gasteiger partial charge in [-0.1, -0.05) is 24.3 Å². The van der Waals surface area contributed by atoms with Crippen LogP contribution >= 0.6 is 12.2 Å². The molecule has 1 fully saturated rings. The zero-order chi connectivity index (χ0) is 16.5. The molecule has 1 saturated carbocycles. The van der Waals surface area contributed by atoms with Gasteiger partial charge in [0, 0.05) is 19.0 Å². The summed E-state index contributed by atoms with van der Waals surface area (Å²) in [5.41, 5.74) is 2.16. The number of nitrogens with zero attached hydrogens (tertiary/aromatic N) is 2. The summed E-state index contributed by atoms with van der Waals surface area (Å²) >= 11 is 5.28. The van der Waals surface area contributed by atoms with E-state index in [2.05, 4.69) is 21.6 Å². The molecule has 1 amide bonds. The van der Waals surface area contributed by atoms with Crippen LogP contribution in [-0.2, 0) is 22.5 Å². The Labute approximate surface area is 145 Å². The number of hydrogen-bond donors (Lipinski definition) is 2. The monoisotopic (exact) mass is 344 g/mol. The quantitative estimate of drug-likeness (QED) is 0.816. The second-order valence-electron chi connectivity index (χ2n) is 6.30. The predicted octanol–water partition coefficient (Wildman–Crippen LogP) is 2.25. The third-order valence-electron chi connectivity index (χ3n) is 4.60. The van der Waals surface area contributed by atoms with Crippen LogP contribution in [0.25, 0.3) is 0 Å². The van der Waals surface area contributed by atoms with Crippen molar-refractivity contribution in [2.45, 2.75) is 37.8 Å². The lowest BCUT2D eigenvalue weighted by molar-refractivity contribution is -0.134. The molecule has 6 nitrogen and oxygen atoms in total. The van der Waals surface area contributed by atoms with Crippen LogP contribution in [0.4, 0.5) is 0 Å². The van der Waals surface area contributed by atoms with Gasteiger partial charge in [-0.3, -0.25) is 9.89 Å². The van der Waals surface area contributed by atoms with Crippen LogP contribution in [0.2, 0.25) is 0 Å². The molecule has 1 aliphatic heterocycles. The summed E-state index contributed by atoms with van der Waals surface area (Å²) in [5.74, 6) is 1.43. The molecule has 1 aliphatic carbocycles. The van der Waals surface area contributed by atoms with Gasteiger partial charge in [0.1, 0.15) is 5.82 Å². The molecule has 126 valence electrons. The summed E-state index contributed by atoms with van der Waals surface area (Å²) < 4.78 is 8.30. The SMILES string of the molecule is O=C(NCCn1c(C2CC2)n[nH]c1=S)[C@H]1OCCc2ccccc21. The fraction of sp³-hybridized carbons (Fsp3) is 0.471. The van der Waals surface area contributed by atoms with Crippen molar-refractivity contribution in [2.24, 2.45) is 0 Å². The van der Waals surface area contributed by atoms with E-state index in [1.54, 1.807) is 0 Å². The first-order valence-electron chi connectivity index (χ1n) is 8.36. The lowest BCUT2D eigenvalue weighted by atomic mass is 9.97. The predicted molar refractivity (Wildman–Crippen MR) is 91.2 cm³/mol. The van der Waals surface area contributed by atoms with Gasteiger partial charge in [-0.25, -0.2) is 0 Å². The summed E-state index contributed by atoms with van der Waals surface area (Å²) in [4.78, 5) is 12.5. The van der Waals surface area contributed by atoms with Crippen LogP contribution in [0.1, 0.15) is 41.8 Å². The van der Waals surface area contributed by atoms with Gasteiger partial charge in [-0.2, -0.15) is 5.10 Å². The van der Waals surface area contributed by atoms with Gasteiger partial charge in [0.15, 0.2) is 10.9 Å². The van der Waals surface area contributed by atoms with Crippen LogP contribution in [0.15, 0.2) is 24.3 Å². The first-order chi connectivity index (χ1) is 11.7. The molecular formula is C17H20N4O2S. The summed E-state index contributed by atoms with van der Waals surface area (Å²) in [6.07, 6.45) is 2.67. The van der Waals surface area contributed by atoms with E-state index >= 15 is 0 Å². The molecule has 4 rings (SSSR count). The maximum atomic E-state index is 12.5. The van der Waals surface area contributed by atoms with Crippen LogP contribution in [0.5, 0.6) is 0 Å². The number of ether oxygens (including phenoxy) is 1. The first-order valence-corrected chi connectivity index (χ1v) is 8.77. The number of carbonyl (C=O) groups is 1. The van der Waals surface area contributed by atoms with E-state index in [9.17, 15) is 4.79 Å². The second kappa shape index (κ2) is 6.49. The Morgan fingerprint density at radius 2 is 2.25 bits per heavy atom. The fourth-order valence-electron chi connectivity index (χ4n) is 3.19. The first kappa shape index (κ1) is 15.5. The lowest BCUT2D eigenvalue weighted by Crippen LogP contribution is -2.35. The molecule has 0 bridgehead atoms. The summed E-state index contributed by atoms with van der Waals surface area (Å²) in [5, 5.41) is 10.1. The highest BCUT2D eigenvalue weighted by Gasteiger charge is 2.29. The van der Waals surface area contributed by atoms with E-state index in [1.165, 1.54) is 18.4 Å². The Bertz CT molecular complexity index is 809. The van der Waals surface area contributed by atoms with E-state index in [0.29, 0.717) is 30.4 Å². The molecule has 0 spiro atoms. The van der Waals surface area contributed by atoms with Gasteiger partial charge in [-0.05, 0) is 42.6 Å². The molecule has 0 radical (unpaired) electrons. The van der Waals surface area contributed by atoms with Gasteiger partial charge >= 0.3 is 0 Å². The minimum Gasteiger partial charge on any atom is -0.363 e. The molecule has 7 heteroatoms. The Morgan fingerprint density at radius 1 is 1.42 bits per heavy atom. The lowest BCUT2D eigenvalue weighted by Gasteiger charge is -2.25. The summed E-state index contributed by atoms with van der Waals surface area (Å²) in [6.45, 7) is 1.71. The summed E-state index contributed by atoms with van der Waals surface area (Å²) in [7, 11) is 0. The topological polar surface area (TPSA) is 71.9 Å². The maximum absolute atomic E-state index is 12.5. The van der Waals surface area contributed by atoms with Crippen molar-refractivity contribution in [2.75, 3.05) is 13.2 Å². The Balaban J connectivity index is 1.40. The smallest absolute Gasteiger partial charge is 0.253 e. The molecule has 2 N–H and O–H groups in total. The van der Waals surface area contributed by atoms with E-state index in [-0.39, 0.29) is 5.91 Å². The van der Waals surface area contributed by atoms with Crippen molar-refractivity contribution in [1.29, 1.82) is 0 Å². The average molecular weight is 344 g/mol. The molecule has 0 saturated heterocycles. The van der Waals surface area contributed by atoms with E-state index in [1.807, 2.05) is 22.8 Å². The number of benzene rings is 1. The van der Waals surface area contributed by atoms with E-state index < -0.39 is 6.10 Å². The number of aromatic nitrogens is 3. The largest absolute Gasteiger partial charge is 0.363 e. The highest BCUT2D eigenvalue weighted by Crippen LogP contribution is 2.38.